The number of aromatic nitrogens is 1. The zero-order valence-electron chi connectivity index (χ0n) is 22.0. The molecule has 2 aromatic carbocycles. The maximum Gasteiger partial charge on any atom is 0.268 e. The topological polar surface area (TPSA) is 94.7 Å². The number of piperazine rings is 1. The number of fused-ring (bicyclic) bond motifs is 3. The number of hydrogen-bond acceptors (Lipinski definition) is 4. The van der Waals surface area contributed by atoms with Gasteiger partial charge in [0.05, 0.1) is 24.8 Å². The number of likely N-dealkylation sites (tertiary alicyclic amines) is 2. The fourth-order valence-electron chi connectivity index (χ4n) is 5.53. The van der Waals surface area contributed by atoms with E-state index in [-0.39, 0.29) is 29.8 Å². The van der Waals surface area contributed by atoms with E-state index in [0.717, 1.165) is 22.9 Å². The van der Waals surface area contributed by atoms with E-state index < -0.39 is 11.5 Å². The first-order chi connectivity index (χ1) is 17.6. The van der Waals surface area contributed by atoms with Crippen LogP contribution in [0.4, 0.5) is 0 Å². The Balaban J connectivity index is 1.30. The second kappa shape index (κ2) is 9.25. The van der Waals surface area contributed by atoms with Crippen LogP contribution in [0.25, 0.3) is 10.9 Å². The number of carbonyl (C=O) groups is 3. The van der Waals surface area contributed by atoms with Crippen molar-refractivity contribution in [3.63, 3.8) is 0 Å². The van der Waals surface area contributed by atoms with E-state index >= 15 is 0 Å². The Morgan fingerprint density at radius 3 is 2.38 bits per heavy atom. The van der Waals surface area contributed by atoms with Crippen LogP contribution in [0.5, 0.6) is 5.75 Å². The highest BCUT2D eigenvalue weighted by atomic mass is 16.5. The van der Waals surface area contributed by atoms with Crippen LogP contribution in [-0.4, -0.2) is 70.8 Å². The average molecular weight is 503 g/mol. The van der Waals surface area contributed by atoms with Crippen molar-refractivity contribution in [3.8, 4) is 5.75 Å². The lowest BCUT2D eigenvalue weighted by molar-refractivity contribution is -0.138. The smallest absolute Gasteiger partial charge is 0.268 e. The highest BCUT2D eigenvalue weighted by Gasteiger charge is 2.50. The van der Waals surface area contributed by atoms with Crippen molar-refractivity contribution in [2.45, 2.75) is 52.2 Å². The lowest BCUT2D eigenvalue weighted by Gasteiger charge is -2.39. The molecule has 3 aromatic rings. The zero-order chi connectivity index (χ0) is 26.5. The number of benzene rings is 2. The maximum atomic E-state index is 13.8. The van der Waals surface area contributed by atoms with Crippen molar-refractivity contribution < 1.29 is 19.1 Å². The average Bonchev–Trinajstić information content (AvgIpc) is 3.59. The van der Waals surface area contributed by atoms with Crippen LogP contribution in [0.2, 0.25) is 0 Å². The Labute approximate surface area is 217 Å². The van der Waals surface area contributed by atoms with Crippen molar-refractivity contribution >= 4 is 28.6 Å². The first-order valence-electron chi connectivity index (χ1n) is 12.7. The summed E-state index contributed by atoms with van der Waals surface area (Å²) in [5.41, 5.74) is 2.37. The van der Waals surface area contributed by atoms with E-state index in [0.29, 0.717) is 30.1 Å². The van der Waals surface area contributed by atoms with E-state index in [9.17, 15) is 14.4 Å². The largest absolute Gasteiger partial charge is 0.496 e. The molecule has 1 aromatic heterocycles. The molecular weight excluding hydrogens is 468 g/mol. The van der Waals surface area contributed by atoms with Gasteiger partial charge in [-0.05, 0) is 48.6 Å². The second-order valence-electron chi connectivity index (χ2n) is 11.2. The van der Waals surface area contributed by atoms with Gasteiger partial charge in [-0.15, -0.1) is 0 Å². The van der Waals surface area contributed by atoms with Crippen molar-refractivity contribution in [3.05, 3.63) is 65.4 Å². The normalized spacial score (nSPS) is 19.8. The monoisotopic (exact) mass is 502 g/mol. The Hall–Kier alpha value is -3.81. The van der Waals surface area contributed by atoms with Crippen LogP contribution in [0.15, 0.2) is 48.5 Å². The minimum Gasteiger partial charge on any atom is -0.496 e. The summed E-state index contributed by atoms with van der Waals surface area (Å²) in [4.78, 5) is 47.1. The Morgan fingerprint density at radius 1 is 1.03 bits per heavy atom. The number of hydrogen-bond donors (Lipinski definition) is 2. The third-order valence-electron chi connectivity index (χ3n) is 7.53. The van der Waals surface area contributed by atoms with Gasteiger partial charge in [0, 0.05) is 24.0 Å². The van der Waals surface area contributed by atoms with Gasteiger partial charge >= 0.3 is 0 Å². The highest BCUT2D eigenvalue weighted by Crippen LogP contribution is 2.35. The molecular formula is C29H34N4O4. The van der Waals surface area contributed by atoms with Gasteiger partial charge in [0.25, 0.3) is 11.8 Å². The van der Waals surface area contributed by atoms with Crippen LogP contribution in [0.3, 0.4) is 0 Å². The minimum absolute atomic E-state index is 0.0579. The number of amides is 3. The van der Waals surface area contributed by atoms with E-state index in [1.807, 2.05) is 73.9 Å². The number of aryl methyl sites for hydroxylation is 1. The number of rotatable bonds is 5. The van der Waals surface area contributed by atoms with E-state index in [4.69, 9.17) is 4.74 Å². The summed E-state index contributed by atoms with van der Waals surface area (Å²) in [5, 5.41) is 3.93. The first-order valence-corrected chi connectivity index (χ1v) is 12.7. The third kappa shape index (κ3) is 4.56. The van der Waals surface area contributed by atoms with Crippen LogP contribution in [0.1, 0.15) is 53.6 Å². The van der Waals surface area contributed by atoms with Gasteiger partial charge in [-0.1, -0.05) is 45.0 Å². The van der Waals surface area contributed by atoms with Crippen molar-refractivity contribution in [1.82, 2.24) is 20.1 Å². The van der Waals surface area contributed by atoms with Crippen LogP contribution in [-0.2, 0) is 4.79 Å². The lowest BCUT2D eigenvalue weighted by atomic mass is 9.85. The molecule has 37 heavy (non-hydrogen) atoms. The predicted molar refractivity (Wildman–Crippen MR) is 142 cm³/mol. The molecule has 8 nitrogen and oxygen atoms in total. The third-order valence-corrected chi connectivity index (χ3v) is 7.53. The number of methoxy groups -OCH3 is 1. The Bertz CT molecular complexity index is 1340. The predicted octanol–water partition coefficient (Wildman–Crippen LogP) is 3.75. The summed E-state index contributed by atoms with van der Waals surface area (Å²) in [6, 6.07) is 14.2. The molecule has 0 aliphatic carbocycles. The standard InChI is InChI=1S/C29H34N4O4/c1-17-10-11-21(24(12-17)37-5)27(35)32-15-20-14-19(32)16-33(20)28(36)25(29(2,3)4)31-26(34)23-13-18-8-6-7-9-22(18)30-23/h6-13,19-20,25,30H,14-16H2,1-5H3,(H,31,34)/t19-,20-,25?/m0/s1. The molecule has 0 spiro atoms. The lowest BCUT2D eigenvalue weighted by Crippen LogP contribution is -2.59. The van der Waals surface area contributed by atoms with E-state index in [1.54, 1.807) is 19.2 Å². The molecule has 1 unspecified atom stereocenters. The van der Waals surface area contributed by atoms with Crippen LogP contribution in [0, 0.1) is 12.3 Å². The molecule has 0 saturated carbocycles. The summed E-state index contributed by atoms with van der Waals surface area (Å²) in [6.07, 6.45) is 0.735. The SMILES string of the molecule is COc1cc(C)ccc1C(=O)N1C[C@@H]2C[C@H]1CN2C(=O)C(NC(=O)c1cc2ccccc2[nH]1)C(C)(C)C. The van der Waals surface area contributed by atoms with Gasteiger partial charge < -0.3 is 24.8 Å². The maximum absolute atomic E-state index is 13.8. The number of ether oxygens (including phenoxy) is 1. The fraction of sp³-hybridized carbons (Fsp3) is 0.414. The molecule has 2 N–H and O–H groups in total. The van der Waals surface area contributed by atoms with Gasteiger partial charge in [-0.2, -0.15) is 0 Å². The molecule has 3 atom stereocenters. The fourth-order valence-corrected chi connectivity index (χ4v) is 5.53. The van der Waals surface area contributed by atoms with E-state index in [2.05, 4.69) is 10.3 Å². The zero-order valence-corrected chi connectivity index (χ0v) is 22.0. The molecule has 2 saturated heterocycles. The molecule has 0 radical (unpaired) electrons. The number of H-pyrrole nitrogens is 1. The number of para-hydroxylation sites is 1. The Morgan fingerprint density at radius 2 is 1.73 bits per heavy atom. The van der Waals surface area contributed by atoms with Gasteiger partial charge in [0.15, 0.2) is 0 Å². The quantitative estimate of drug-likeness (QED) is 0.556. The molecule has 3 amide bonds. The molecule has 194 valence electrons. The molecule has 5 rings (SSSR count). The molecule has 2 aliphatic rings. The van der Waals surface area contributed by atoms with Gasteiger partial charge in [0.2, 0.25) is 5.91 Å². The molecule has 2 bridgehead atoms. The highest BCUT2D eigenvalue weighted by molar-refractivity contribution is 6.01. The summed E-state index contributed by atoms with van der Waals surface area (Å²) >= 11 is 0. The van der Waals surface area contributed by atoms with Gasteiger partial charge in [-0.3, -0.25) is 14.4 Å². The molecule has 8 heteroatoms. The van der Waals surface area contributed by atoms with Crippen molar-refractivity contribution in [2.75, 3.05) is 20.2 Å². The molecule has 3 heterocycles. The Kier molecular flexibility index (Phi) is 6.22. The summed E-state index contributed by atoms with van der Waals surface area (Å²) < 4.78 is 5.45. The van der Waals surface area contributed by atoms with Crippen molar-refractivity contribution in [2.24, 2.45) is 5.41 Å². The van der Waals surface area contributed by atoms with Gasteiger partial charge in [0.1, 0.15) is 17.5 Å². The summed E-state index contributed by atoms with van der Waals surface area (Å²) in [5.74, 6) is 0.0747. The number of aromatic amines is 1. The summed E-state index contributed by atoms with van der Waals surface area (Å²) in [6.45, 7) is 8.75. The number of nitrogens with one attached hydrogen (secondary N) is 2. The number of nitrogens with zero attached hydrogens (tertiary/aromatic N) is 2. The van der Waals surface area contributed by atoms with Crippen LogP contribution >= 0.6 is 0 Å². The molecule has 2 aliphatic heterocycles. The van der Waals surface area contributed by atoms with Crippen molar-refractivity contribution in [1.29, 1.82) is 0 Å². The van der Waals surface area contributed by atoms with Gasteiger partial charge in [-0.25, -0.2) is 0 Å². The first kappa shape index (κ1) is 24.9. The number of carbonyl (C=O) groups excluding carboxylic acids is 3. The minimum atomic E-state index is -0.702. The van der Waals surface area contributed by atoms with Crippen LogP contribution < -0.4 is 10.1 Å². The molecule has 2 fully saturated rings. The second-order valence-corrected chi connectivity index (χ2v) is 11.2. The summed E-state index contributed by atoms with van der Waals surface area (Å²) in [7, 11) is 1.57. The van der Waals surface area contributed by atoms with E-state index in [1.165, 1.54) is 0 Å².